The minimum Gasteiger partial charge on any atom is -0.381 e. The summed E-state index contributed by atoms with van der Waals surface area (Å²) in [6, 6.07) is 4.17. The quantitative estimate of drug-likeness (QED) is 0.876. The number of carbonyl (C=O) groups is 1. The Hall–Kier alpha value is -0.870. The van der Waals surface area contributed by atoms with Gasteiger partial charge in [-0.1, -0.05) is 6.07 Å². The van der Waals surface area contributed by atoms with Gasteiger partial charge in [0.25, 0.3) is 5.91 Å². The Morgan fingerprint density at radius 3 is 2.82 bits per heavy atom. The third-order valence-electron chi connectivity index (χ3n) is 4.21. The number of thiophene rings is 1. The number of hydrogen-bond acceptors (Lipinski definition) is 3. The van der Waals surface area contributed by atoms with Gasteiger partial charge in [-0.2, -0.15) is 0 Å². The van der Waals surface area contributed by atoms with E-state index in [1.54, 1.807) is 0 Å². The highest BCUT2D eigenvalue weighted by molar-refractivity contribution is 7.12. The first-order valence-electron chi connectivity index (χ1n) is 6.22. The summed E-state index contributed by atoms with van der Waals surface area (Å²) in [7, 11) is 0. The van der Waals surface area contributed by atoms with Crippen molar-refractivity contribution in [2.75, 3.05) is 13.2 Å². The second-order valence-electron chi connectivity index (χ2n) is 5.02. The summed E-state index contributed by atoms with van der Waals surface area (Å²) in [5.74, 6) is 0.0931. The van der Waals surface area contributed by atoms with Crippen LogP contribution in [0.1, 0.15) is 35.4 Å². The van der Waals surface area contributed by atoms with E-state index in [9.17, 15) is 4.79 Å². The van der Waals surface area contributed by atoms with Crippen LogP contribution in [0.3, 0.4) is 0 Å². The van der Waals surface area contributed by atoms with E-state index in [4.69, 9.17) is 4.74 Å². The summed E-state index contributed by atoms with van der Waals surface area (Å²) in [5, 5.41) is 5.14. The molecule has 1 unspecified atom stereocenters. The van der Waals surface area contributed by atoms with Gasteiger partial charge in [-0.3, -0.25) is 4.79 Å². The van der Waals surface area contributed by atoms with Gasteiger partial charge in [0.15, 0.2) is 0 Å². The van der Waals surface area contributed by atoms with E-state index in [0.29, 0.717) is 11.5 Å². The Kier molecular flexibility index (Phi) is 2.92. The number of nitrogens with one attached hydrogen (secondary N) is 1. The van der Waals surface area contributed by atoms with Crippen molar-refractivity contribution < 1.29 is 9.53 Å². The minimum atomic E-state index is 0.0931. The molecule has 1 saturated carbocycles. The van der Waals surface area contributed by atoms with Crippen LogP contribution in [-0.2, 0) is 4.74 Å². The summed E-state index contributed by atoms with van der Waals surface area (Å²) in [4.78, 5) is 12.8. The predicted octanol–water partition coefficient (Wildman–Crippen LogP) is 2.44. The normalized spacial score (nSPS) is 26.5. The molecule has 1 atom stereocenters. The van der Waals surface area contributed by atoms with Gasteiger partial charge < -0.3 is 10.1 Å². The third kappa shape index (κ3) is 2.00. The van der Waals surface area contributed by atoms with Crippen LogP contribution in [0.15, 0.2) is 17.5 Å². The maximum Gasteiger partial charge on any atom is 0.261 e. The molecule has 2 aliphatic rings. The van der Waals surface area contributed by atoms with Crippen molar-refractivity contribution in [1.82, 2.24) is 5.32 Å². The number of rotatable bonds is 2. The molecule has 1 aromatic rings. The van der Waals surface area contributed by atoms with Gasteiger partial charge >= 0.3 is 0 Å². The molecule has 92 valence electrons. The van der Waals surface area contributed by atoms with E-state index in [0.717, 1.165) is 37.4 Å². The molecule has 2 fully saturated rings. The van der Waals surface area contributed by atoms with Crippen LogP contribution < -0.4 is 5.32 Å². The third-order valence-corrected chi connectivity index (χ3v) is 5.08. The minimum absolute atomic E-state index is 0.0931. The topological polar surface area (TPSA) is 38.3 Å². The van der Waals surface area contributed by atoms with E-state index in [-0.39, 0.29) is 5.91 Å². The van der Waals surface area contributed by atoms with Crippen molar-refractivity contribution in [1.29, 1.82) is 0 Å². The van der Waals surface area contributed by atoms with E-state index >= 15 is 0 Å². The Morgan fingerprint density at radius 2 is 2.24 bits per heavy atom. The molecule has 0 aromatic carbocycles. The number of ether oxygens (including phenoxy) is 1. The first kappa shape index (κ1) is 11.2. The Bertz CT molecular complexity index is 396. The van der Waals surface area contributed by atoms with Gasteiger partial charge in [0.1, 0.15) is 0 Å². The molecule has 17 heavy (non-hydrogen) atoms. The van der Waals surface area contributed by atoms with E-state index < -0.39 is 0 Å². The van der Waals surface area contributed by atoms with Crippen molar-refractivity contribution in [2.45, 2.75) is 31.7 Å². The molecular formula is C13H17NO2S. The molecule has 0 radical (unpaired) electrons. The predicted molar refractivity (Wildman–Crippen MR) is 67.3 cm³/mol. The molecule has 4 heteroatoms. The van der Waals surface area contributed by atoms with Crippen LogP contribution in [-0.4, -0.2) is 25.2 Å². The van der Waals surface area contributed by atoms with Crippen LogP contribution in [0, 0.1) is 5.41 Å². The highest BCUT2D eigenvalue weighted by Gasteiger charge is 2.47. The fourth-order valence-electron chi connectivity index (χ4n) is 2.94. The maximum absolute atomic E-state index is 12.0. The molecular weight excluding hydrogens is 234 g/mol. The SMILES string of the molecule is O=C(NC1CCC12CCOCC2)c1cccs1. The zero-order chi connectivity index (χ0) is 11.7. The summed E-state index contributed by atoms with van der Waals surface area (Å²) < 4.78 is 5.42. The molecule has 3 nitrogen and oxygen atoms in total. The molecule has 1 aliphatic carbocycles. The summed E-state index contributed by atoms with van der Waals surface area (Å²) in [5.41, 5.74) is 0.338. The van der Waals surface area contributed by atoms with E-state index in [2.05, 4.69) is 5.32 Å². The van der Waals surface area contributed by atoms with Crippen LogP contribution in [0.2, 0.25) is 0 Å². The Labute approximate surface area is 105 Å². The van der Waals surface area contributed by atoms with E-state index in [1.165, 1.54) is 17.8 Å². The number of amides is 1. The molecule has 3 rings (SSSR count). The number of carbonyl (C=O) groups excluding carboxylic acids is 1. The summed E-state index contributed by atoms with van der Waals surface area (Å²) in [6.07, 6.45) is 4.56. The highest BCUT2D eigenvalue weighted by atomic mass is 32.1. The van der Waals surface area contributed by atoms with Gasteiger partial charge in [-0.25, -0.2) is 0 Å². The van der Waals surface area contributed by atoms with Crippen molar-refractivity contribution in [3.63, 3.8) is 0 Å². The first-order valence-corrected chi connectivity index (χ1v) is 7.10. The maximum atomic E-state index is 12.0. The van der Waals surface area contributed by atoms with Crippen molar-refractivity contribution in [3.8, 4) is 0 Å². The largest absolute Gasteiger partial charge is 0.381 e. The summed E-state index contributed by atoms with van der Waals surface area (Å²) in [6.45, 7) is 1.71. The fourth-order valence-corrected chi connectivity index (χ4v) is 3.56. The lowest BCUT2D eigenvalue weighted by Gasteiger charge is -2.52. The van der Waals surface area contributed by atoms with Crippen molar-refractivity contribution in [2.24, 2.45) is 5.41 Å². The lowest BCUT2D eigenvalue weighted by Crippen LogP contribution is -2.57. The highest BCUT2D eigenvalue weighted by Crippen LogP contribution is 2.48. The van der Waals surface area contributed by atoms with Gasteiger partial charge in [-0.05, 0) is 42.5 Å². The lowest BCUT2D eigenvalue weighted by molar-refractivity contribution is -0.0522. The van der Waals surface area contributed by atoms with Crippen LogP contribution in [0.25, 0.3) is 0 Å². The molecule has 1 aromatic heterocycles. The van der Waals surface area contributed by atoms with Crippen LogP contribution >= 0.6 is 11.3 Å². The molecule has 1 saturated heterocycles. The monoisotopic (exact) mass is 251 g/mol. The molecule has 0 bridgehead atoms. The zero-order valence-electron chi connectivity index (χ0n) is 9.78. The fraction of sp³-hybridized carbons (Fsp3) is 0.615. The van der Waals surface area contributed by atoms with Crippen LogP contribution in [0.4, 0.5) is 0 Å². The zero-order valence-corrected chi connectivity index (χ0v) is 10.6. The molecule has 2 heterocycles. The van der Waals surface area contributed by atoms with E-state index in [1.807, 2.05) is 17.5 Å². The molecule has 1 N–H and O–H groups in total. The van der Waals surface area contributed by atoms with Crippen LogP contribution in [0.5, 0.6) is 0 Å². The summed E-state index contributed by atoms with van der Waals surface area (Å²) >= 11 is 1.51. The van der Waals surface area contributed by atoms with Gasteiger partial charge in [0, 0.05) is 19.3 Å². The Balaban J connectivity index is 1.64. The Morgan fingerprint density at radius 1 is 1.41 bits per heavy atom. The molecule has 1 amide bonds. The average molecular weight is 251 g/mol. The van der Waals surface area contributed by atoms with Gasteiger partial charge in [0.05, 0.1) is 4.88 Å². The standard InChI is InChI=1S/C13H17NO2S/c15-12(10-2-1-9-17-10)14-11-3-4-13(11)5-7-16-8-6-13/h1-2,9,11H,3-8H2,(H,14,15). The lowest BCUT2D eigenvalue weighted by atomic mass is 9.60. The van der Waals surface area contributed by atoms with Gasteiger partial charge in [0.2, 0.25) is 0 Å². The van der Waals surface area contributed by atoms with Crippen molar-refractivity contribution in [3.05, 3.63) is 22.4 Å². The van der Waals surface area contributed by atoms with Crippen molar-refractivity contribution >= 4 is 17.2 Å². The first-order chi connectivity index (χ1) is 8.30. The average Bonchev–Trinajstić information content (AvgIpc) is 2.89. The second-order valence-corrected chi connectivity index (χ2v) is 5.96. The van der Waals surface area contributed by atoms with Gasteiger partial charge in [-0.15, -0.1) is 11.3 Å². The second kappa shape index (κ2) is 4.42. The molecule has 1 aliphatic heterocycles. The number of hydrogen-bond donors (Lipinski definition) is 1. The smallest absolute Gasteiger partial charge is 0.261 e. The molecule has 1 spiro atoms.